The monoisotopic (exact) mass is 378 g/mol. The second-order valence-electron chi connectivity index (χ2n) is 9.26. The van der Waals surface area contributed by atoms with Crippen molar-refractivity contribution in [2.24, 2.45) is 23.2 Å². The molecule has 5 nitrogen and oxygen atoms in total. The Morgan fingerprint density at radius 1 is 1.04 bits per heavy atom. The fourth-order valence-corrected chi connectivity index (χ4v) is 6.33. The normalized spacial score (nSPS) is 31.6. The van der Waals surface area contributed by atoms with Crippen LogP contribution in [0, 0.1) is 23.2 Å². The first-order chi connectivity index (χ1) is 13.5. The Kier molecular flexibility index (Phi) is 4.14. The molecule has 1 atom stereocenters. The minimum atomic E-state index is -0.993. The molecule has 4 bridgehead atoms. The van der Waals surface area contributed by atoms with Crippen LogP contribution in [0.3, 0.4) is 0 Å². The lowest BCUT2D eigenvalue weighted by atomic mass is 9.49. The van der Waals surface area contributed by atoms with E-state index in [9.17, 15) is 14.7 Å². The molecule has 0 aliphatic heterocycles. The number of carboxylic acid groups (broad SMARTS) is 1. The average molecular weight is 378 g/mol. The van der Waals surface area contributed by atoms with Crippen molar-refractivity contribution in [2.75, 3.05) is 0 Å². The van der Waals surface area contributed by atoms with Crippen LogP contribution in [-0.4, -0.2) is 28.0 Å². The van der Waals surface area contributed by atoms with E-state index in [4.69, 9.17) is 0 Å². The molecule has 146 valence electrons. The number of amides is 1. The molecule has 6 rings (SSSR count). The molecule has 0 saturated heterocycles. The molecular formula is C23H26N2O3. The molecule has 0 spiro atoms. The van der Waals surface area contributed by atoms with E-state index in [2.05, 4.69) is 10.3 Å². The average Bonchev–Trinajstić information content (AvgIpc) is 2.66. The zero-order valence-corrected chi connectivity index (χ0v) is 15.9. The summed E-state index contributed by atoms with van der Waals surface area (Å²) in [5, 5.41) is 13.7. The number of carbonyl (C=O) groups excluding carboxylic acids is 1. The van der Waals surface area contributed by atoms with E-state index in [1.165, 1.54) is 19.3 Å². The third-order valence-electron chi connectivity index (χ3n) is 7.19. The van der Waals surface area contributed by atoms with Gasteiger partial charge in [0, 0.05) is 22.9 Å². The predicted octanol–water partition coefficient (Wildman–Crippen LogP) is 3.56. The van der Waals surface area contributed by atoms with E-state index in [0.717, 1.165) is 30.2 Å². The maximum absolute atomic E-state index is 13.2. The van der Waals surface area contributed by atoms with Gasteiger partial charge in [0.25, 0.3) is 0 Å². The standard InChI is InChI=1S/C23H26N2O3/c26-21(27)20(10-18-6-5-17-3-1-2-4-19(17)24-18)25-22(28)23-11-14-7-15(12-23)9-16(8-14)13-23/h1-6,14-16,20H,7-13H2,(H,25,28)(H,26,27)/t14?,15?,16?,20-,23?/m1/s1. The molecular weight excluding hydrogens is 352 g/mol. The second-order valence-corrected chi connectivity index (χ2v) is 9.26. The van der Waals surface area contributed by atoms with Gasteiger partial charge >= 0.3 is 5.97 Å². The van der Waals surface area contributed by atoms with Crippen molar-refractivity contribution < 1.29 is 14.7 Å². The summed E-state index contributed by atoms with van der Waals surface area (Å²) in [6, 6.07) is 10.7. The van der Waals surface area contributed by atoms with Gasteiger partial charge in [-0.15, -0.1) is 0 Å². The number of hydrogen-bond donors (Lipinski definition) is 2. The van der Waals surface area contributed by atoms with E-state index >= 15 is 0 Å². The quantitative estimate of drug-likeness (QED) is 0.834. The maximum atomic E-state index is 13.2. The van der Waals surface area contributed by atoms with Crippen molar-refractivity contribution in [3.05, 3.63) is 42.1 Å². The molecule has 4 saturated carbocycles. The first kappa shape index (κ1) is 17.7. The molecule has 1 heterocycles. The highest BCUT2D eigenvalue weighted by atomic mass is 16.4. The first-order valence-electron chi connectivity index (χ1n) is 10.4. The van der Waals surface area contributed by atoms with E-state index in [1.807, 2.05) is 36.4 Å². The minimum Gasteiger partial charge on any atom is -0.480 e. The number of carbonyl (C=O) groups is 2. The molecule has 2 N–H and O–H groups in total. The lowest BCUT2D eigenvalue weighted by Crippen LogP contribution is -2.56. The van der Waals surface area contributed by atoms with Gasteiger partial charge in [-0.05, 0) is 68.4 Å². The molecule has 4 aliphatic rings. The van der Waals surface area contributed by atoms with Gasteiger partial charge in [-0.3, -0.25) is 9.78 Å². The van der Waals surface area contributed by atoms with Crippen LogP contribution in [0.4, 0.5) is 0 Å². The van der Waals surface area contributed by atoms with Gasteiger partial charge in [0.2, 0.25) is 5.91 Å². The predicted molar refractivity (Wildman–Crippen MR) is 106 cm³/mol. The highest BCUT2D eigenvalue weighted by Gasteiger charge is 2.54. The number of nitrogens with one attached hydrogen (secondary N) is 1. The lowest BCUT2D eigenvalue weighted by molar-refractivity contribution is -0.151. The number of nitrogens with zero attached hydrogens (tertiary/aromatic N) is 1. The van der Waals surface area contributed by atoms with Gasteiger partial charge < -0.3 is 10.4 Å². The van der Waals surface area contributed by atoms with Crippen LogP contribution in [0.15, 0.2) is 36.4 Å². The molecule has 1 aromatic heterocycles. The summed E-state index contributed by atoms with van der Waals surface area (Å²) in [4.78, 5) is 29.7. The Balaban J connectivity index is 1.34. The van der Waals surface area contributed by atoms with Crippen molar-refractivity contribution in [3.8, 4) is 0 Å². The number of hydrogen-bond acceptors (Lipinski definition) is 3. The first-order valence-corrected chi connectivity index (χ1v) is 10.4. The summed E-state index contributed by atoms with van der Waals surface area (Å²) in [5.74, 6) is 0.931. The summed E-state index contributed by atoms with van der Waals surface area (Å²) in [7, 11) is 0. The molecule has 1 aromatic carbocycles. The van der Waals surface area contributed by atoms with E-state index in [1.54, 1.807) is 0 Å². The summed E-state index contributed by atoms with van der Waals surface area (Å²) in [6.45, 7) is 0. The lowest BCUT2D eigenvalue weighted by Gasteiger charge is -2.55. The largest absolute Gasteiger partial charge is 0.480 e. The van der Waals surface area contributed by atoms with Gasteiger partial charge in [0.15, 0.2) is 0 Å². The molecule has 5 heteroatoms. The van der Waals surface area contributed by atoms with E-state index < -0.39 is 12.0 Å². The van der Waals surface area contributed by atoms with Crippen LogP contribution in [0.2, 0.25) is 0 Å². The molecule has 1 amide bonds. The highest BCUT2D eigenvalue weighted by Crippen LogP contribution is 2.60. The molecule has 0 unspecified atom stereocenters. The van der Waals surface area contributed by atoms with E-state index in [0.29, 0.717) is 23.4 Å². The Hall–Kier alpha value is -2.43. The van der Waals surface area contributed by atoms with Crippen LogP contribution in [0.1, 0.15) is 44.2 Å². The zero-order chi connectivity index (χ0) is 19.3. The molecule has 0 radical (unpaired) electrons. The van der Waals surface area contributed by atoms with Gasteiger partial charge in [0.1, 0.15) is 6.04 Å². The fraction of sp³-hybridized carbons (Fsp3) is 0.522. The number of carboxylic acids is 1. The van der Waals surface area contributed by atoms with E-state index in [-0.39, 0.29) is 17.7 Å². The van der Waals surface area contributed by atoms with Crippen molar-refractivity contribution in [3.63, 3.8) is 0 Å². The Morgan fingerprint density at radius 3 is 2.32 bits per heavy atom. The van der Waals surface area contributed by atoms with Crippen molar-refractivity contribution in [1.82, 2.24) is 10.3 Å². The Labute approximate surface area is 164 Å². The topological polar surface area (TPSA) is 79.3 Å². The highest BCUT2D eigenvalue weighted by molar-refractivity contribution is 5.88. The van der Waals surface area contributed by atoms with Crippen LogP contribution >= 0.6 is 0 Å². The number of aromatic nitrogens is 1. The van der Waals surface area contributed by atoms with Crippen LogP contribution < -0.4 is 5.32 Å². The van der Waals surface area contributed by atoms with Gasteiger partial charge in [-0.2, -0.15) is 0 Å². The zero-order valence-electron chi connectivity index (χ0n) is 15.9. The van der Waals surface area contributed by atoms with Crippen molar-refractivity contribution in [1.29, 1.82) is 0 Å². The molecule has 2 aromatic rings. The number of para-hydroxylation sites is 1. The summed E-state index contributed by atoms with van der Waals surface area (Å²) in [5.41, 5.74) is 1.20. The number of fused-ring (bicyclic) bond motifs is 1. The fourth-order valence-electron chi connectivity index (χ4n) is 6.33. The van der Waals surface area contributed by atoms with Crippen molar-refractivity contribution in [2.45, 2.75) is 51.0 Å². The minimum absolute atomic E-state index is 0.0419. The van der Waals surface area contributed by atoms with Crippen LogP contribution in [-0.2, 0) is 16.0 Å². The van der Waals surface area contributed by atoms with Gasteiger partial charge in [0.05, 0.1) is 5.52 Å². The number of benzene rings is 1. The van der Waals surface area contributed by atoms with Crippen molar-refractivity contribution >= 4 is 22.8 Å². The number of rotatable bonds is 5. The molecule has 4 fully saturated rings. The smallest absolute Gasteiger partial charge is 0.326 e. The summed E-state index contributed by atoms with van der Waals surface area (Å²) in [6.07, 6.45) is 6.79. The summed E-state index contributed by atoms with van der Waals surface area (Å²) < 4.78 is 0. The number of aliphatic carboxylic acids is 1. The third kappa shape index (κ3) is 3.07. The molecule has 4 aliphatic carbocycles. The van der Waals surface area contributed by atoms with Gasteiger partial charge in [-0.25, -0.2) is 4.79 Å². The van der Waals surface area contributed by atoms with Crippen LogP contribution in [0.25, 0.3) is 10.9 Å². The Morgan fingerprint density at radius 2 is 1.68 bits per heavy atom. The maximum Gasteiger partial charge on any atom is 0.326 e. The third-order valence-corrected chi connectivity index (χ3v) is 7.19. The Bertz CT molecular complexity index is 903. The SMILES string of the molecule is O=C(O)[C@@H](Cc1ccc2ccccc2n1)NC(=O)C12CC3CC(CC(C3)C1)C2. The molecule has 28 heavy (non-hydrogen) atoms. The number of pyridine rings is 1. The van der Waals surface area contributed by atoms with Crippen LogP contribution in [0.5, 0.6) is 0 Å². The second kappa shape index (κ2) is 6.57. The summed E-state index contributed by atoms with van der Waals surface area (Å²) >= 11 is 0. The van der Waals surface area contributed by atoms with Gasteiger partial charge in [-0.1, -0.05) is 24.3 Å².